The third-order valence-electron chi connectivity index (χ3n) is 2.16. The number of carbonyl (C=O) groups excluding carboxylic acids is 1. The first-order valence-electron chi connectivity index (χ1n) is 4.06. The molecule has 0 bridgehead atoms. The predicted molar refractivity (Wildman–Crippen MR) is 51.6 cm³/mol. The van der Waals surface area contributed by atoms with E-state index in [1.165, 1.54) is 0 Å². The van der Waals surface area contributed by atoms with Gasteiger partial charge in [0.15, 0.2) is 0 Å². The molecular weight excluding hydrogens is 164 g/mol. The van der Waals surface area contributed by atoms with Crippen LogP contribution in [0.25, 0.3) is 10.9 Å². The van der Waals surface area contributed by atoms with Crippen molar-refractivity contribution < 1.29 is 4.79 Å². The molecule has 3 nitrogen and oxygen atoms in total. The number of rotatable bonds is 1. The van der Waals surface area contributed by atoms with Gasteiger partial charge in [0.25, 0.3) is 0 Å². The van der Waals surface area contributed by atoms with E-state index < -0.39 is 0 Å². The summed E-state index contributed by atoms with van der Waals surface area (Å²) in [5, 5.41) is 1.13. The fourth-order valence-electron chi connectivity index (χ4n) is 1.50. The number of nitrogens with two attached hydrogens (primary N) is 1. The van der Waals surface area contributed by atoms with E-state index in [4.69, 9.17) is 5.73 Å². The molecule has 0 aliphatic rings. The maximum atomic E-state index is 10.9. The molecule has 0 fully saturated rings. The van der Waals surface area contributed by atoms with Crippen LogP contribution in [0.15, 0.2) is 24.4 Å². The maximum absolute atomic E-state index is 10.9. The number of hydrogen-bond donors (Lipinski definition) is 2. The molecule has 0 radical (unpaired) electrons. The number of carbonyl (C=O) groups is 1. The molecule has 0 saturated heterocycles. The average Bonchev–Trinajstić information content (AvgIpc) is 2.51. The first-order valence-corrected chi connectivity index (χ1v) is 4.06. The summed E-state index contributed by atoms with van der Waals surface area (Å²) >= 11 is 0. The lowest BCUT2D eigenvalue weighted by atomic mass is 10.1. The minimum Gasteiger partial charge on any atom is -0.366 e. The highest BCUT2D eigenvalue weighted by molar-refractivity contribution is 5.97. The van der Waals surface area contributed by atoms with E-state index in [1.54, 1.807) is 12.1 Å². The second-order valence-corrected chi connectivity index (χ2v) is 3.10. The molecule has 3 N–H and O–H groups in total. The Kier molecular flexibility index (Phi) is 1.59. The molecule has 2 rings (SSSR count). The Morgan fingerprint density at radius 2 is 2.23 bits per heavy atom. The molecule has 1 aromatic heterocycles. The van der Waals surface area contributed by atoms with Crippen LogP contribution in [0.1, 0.15) is 15.9 Å². The van der Waals surface area contributed by atoms with E-state index in [1.807, 2.05) is 19.2 Å². The van der Waals surface area contributed by atoms with Gasteiger partial charge in [0.1, 0.15) is 0 Å². The van der Waals surface area contributed by atoms with Crippen molar-refractivity contribution in [1.82, 2.24) is 4.98 Å². The smallest absolute Gasteiger partial charge is 0.248 e. The van der Waals surface area contributed by atoms with Gasteiger partial charge in [-0.25, -0.2) is 0 Å². The quantitative estimate of drug-likeness (QED) is 0.677. The summed E-state index contributed by atoms with van der Waals surface area (Å²) in [4.78, 5) is 14.0. The van der Waals surface area contributed by atoms with Gasteiger partial charge in [0.2, 0.25) is 5.91 Å². The molecule has 13 heavy (non-hydrogen) atoms. The third kappa shape index (κ3) is 1.18. The second-order valence-electron chi connectivity index (χ2n) is 3.10. The van der Waals surface area contributed by atoms with Crippen LogP contribution in [0.5, 0.6) is 0 Å². The van der Waals surface area contributed by atoms with Crippen LogP contribution in [0, 0.1) is 6.92 Å². The van der Waals surface area contributed by atoms with Crippen molar-refractivity contribution >= 4 is 16.8 Å². The molecule has 1 heterocycles. The summed E-state index contributed by atoms with van der Waals surface area (Å²) < 4.78 is 0. The monoisotopic (exact) mass is 174 g/mol. The Balaban J connectivity index is 2.77. The number of aryl methyl sites for hydroxylation is 1. The van der Waals surface area contributed by atoms with Crippen molar-refractivity contribution in [2.45, 2.75) is 6.92 Å². The molecule has 0 aliphatic heterocycles. The molecule has 3 heteroatoms. The van der Waals surface area contributed by atoms with Crippen molar-refractivity contribution in [3.8, 4) is 0 Å². The zero-order chi connectivity index (χ0) is 9.42. The SMILES string of the molecule is Cc1cc(C(N)=O)cc2[nH]ccc12. The van der Waals surface area contributed by atoms with Gasteiger partial charge in [-0.2, -0.15) is 0 Å². The lowest BCUT2D eigenvalue weighted by molar-refractivity contribution is 0.100. The summed E-state index contributed by atoms with van der Waals surface area (Å²) in [5.41, 5.74) is 7.75. The van der Waals surface area contributed by atoms with Crippen molar-refractivity contribution in [3.63, 3.8) is 0 Å². The number of primary amides is 1. The first-order chi connectivity index (χ1) is 6.18. The number of hydrogen-bond acceptors (Lipinski definition) is 1. The Morgan fingerprint density at radius 3 is 2.92 bits per heavy atom. The molecule has 0 spiro atoms. The van der Waals surface area contributed by atoms with E-state index in [-0.39, 0.29) is 5.91 Å². The first kappa shape index (κ1) is 7.86. The summed E-state index contributed by atoms with van der Waals surface area (Å²) in [6.45, 7) is 1.96. The minimum absolute atomic E-state index is 0.389. The predicted octanol–water partition coefficient (Wildman–Crippen LogP) is 1.58. The number of amides is 1. The van der Waals surface area contributed by atoms with E-state index in [0.29, 0.717) is 5.56 Å². The van der Waals surface area contributed by atoms with E-state index in [2.05, 4.69) is 4.98 Å². The molecule has 2 aromatic rings. The van der Waals surface area contributed by atoms with Crippen molar-refractivity contribution in [2.75, 3.05) is 0 Å². The van der Waals surface area contributed by atoms with Gasteiger partial charge in [0.05, 0.1) is 0 Å². The number of aromatic amines is 1. The van der Waals surface area contributed by atoms with Crippen LogP contribution in [0.4, 0.5) is 0 Å². The Morgan fingerprint density at radius 1 is 1.46 bits per heavy atom. The topological polar surface area (TPSA) is 58.9 Å². The largest absolute Gasteiger partial charge is 0.366 e. The fraction of sp³-hybridized carbons (Fsp3) is 0.100. The van der Waals surface area contributed by atoms with Gasteiger partial charge in [-0.15, -0.1) is 0 Å². The molecule has 1 amide bonds. The zero-order valence-electron chi connectivity index (χ0n) is 7.29. The second kappa shape index (κ2) is 2.62. The molecule has 0 aliphatic carbocycles. The Hall–Kier alpha value is -1.77. The van der Waals surface area contributed by atoms with Gasteiger partial charge >= 0.3 is 0 Å². The van der Waals surface area contributed by atoms with Crippen LogP contribution < -0.4 is 5.73 Å². The summed E-state index contributed by atoms with van der Waals surface area (Å²) in [7, 11) is 0. The van der Waals surface area contributed by atoms with Crippen LogP contribution in [-0.4, -0.2) is 10.9 Å². The van der Waals surface area contributed by atoms with Crippen LogP contribution in [-0.2, 0) is 0 Å². The number of benzene rings is 1. The fourth-order valence-corrected chi connectivity index (χ4v) is 1.50. The molecule has 0 saturated carbocycles. The minimum atomic E-state index is -0.389. The van der Waals surface area contributed by atoms with E-state index >= 15 is 0 Å². The van der Waals surface area contributed by atoms with E-state index in [9.17, 15) is 4.79 Å². The van der Waals surface area contributed by atoms with Crippen LogP contribution in [0.2, 0.25) is 0 Å². The number of nitrogens with one attached hydrogen (secondary N) is 1. The summed E-state index contributed by atoms with van der Waals surface area (Å²) in [5.74, 6) is -0.389. The Labute approximate surface area is 75.6 Å². The molecular formula is C10H10N2O. The highest BCUT2D eigenvalue weighted by Gasteiger charge is 2.04. The third-order valence-corrected chi connectivity index (χ3v) is 2.16. The van der Waals surface area contributed by atoms with Gasteiger partial charge in [-0.3, -0.25) is 4.79 Å². The highest BCUT2D eigenvalue weighted by Crippen LogP contribution is 2.18. The number of H-pyrrole nitrogens is 1. The van der Waals surface area contributed by atoms with Crippen molar-refractivity contribution in [2.24, 2.45) is 5.73 Å². The standard InChI is InChI=1S/C10H10N2O/c1-6-4-7(10(11)13)5-9-8(6)2-3-12-9/h2-5,12H,1H3,(H2,11,13). The zero-order valence-corrected chi connectivity index (χ0v) is 7.29. The van der Waals surface area contributed by atoms with Crippen LogP contribution >= 0.6 is 0 Å². The Bertz CT molecular complexity index is 471. The molecule has 66 valence electrons. The molecule has 0 atom stereocenters. The van der Waals surface area contributed by atoms with Gasteiger partial charge < -0.3 is 10.7 Å². The van der Waals surface area contributed by atoms with E-state index in [0.717, 1.165) is 16.5 Å². The van der Waals surface area contributed by atoms with Crippen molar-refractivity contribution in [1.29, 1.82) is 0 Å². The molecule has 1 aromatic carbocycles. The lowest BCUT2D eigenvalue weighted by Crippen LogP contribution is -2.10. The normalized spacial score (nSPS) is 10.5. The van der Waals surface area contributed by atoms with Crippen LogP contribution in [0.3, 0.4) is 0 Å². The van der Waals surface area contributed by atoms with Gasteiger partial charge in [-0.1, -0.05) is 0 Å². The maximum Gasteiger partial charge on any atom is 0.248 e. The average molecular weight is 174 g/mol. The number of fused-ring (bicyclic) bond motifs is 1. The lowest BCUT2D eigenvalue weighted by Gasteiger charge is -1.99. The molecule has 0 unspecified atom stereocenters. The summed E-state index contributed by atoms with van der Waals surface area (Å²) in [6.07, 6.45) is 1.85. The van der Waals surface area contributed by atoms with Gasteiger partial charge in [0, 0.05) is 22.7 Å². The number of aromatic nitrogens is 1. The van der Waals surface area contributed by atoms with Crippen molar-refractivity contribution in [3.05, 3.63) is 35.5 Å². The summed E-state index contributed by atoms with van der Waals surface area (Å²) in [6, 6.07) is 5.55. The highest BCUT2D eigenvalue weighted by atomic mass is 16.1. The van der Waals surface area contributed by atoms with Gasteiger partial charge in [-0.05, 0) is 30.7 Å².